The summed E-state index contributed by atoms with van der Waals surface area (Å²) in [6.45, 7) is 13.7. The molecule has 5 aromatic rings. The number of aliphatic imine (C=N–C) groups is 1. The van der Waals surface area contributed by atoms with E-state index in [2.05, 4.69) is 76.6 Å². The number of nitrogens with one attached hydrogen (secondary N) is 1. The summed E-state index contributed by atoms with van der Waals surface area (Å²) in [5, 5.41) is 0. The number of carbonyl (C=O) groups is 2. The maximum absolute atomic E-state index is 16.6. The normalized spacial score (nSPS) is 22.0. The summed E-state index contributed by atoms with van der Waals surface area (Å²) >= 11 is 0. The Labute approximate surface area is 416 Å². The van der Waals surface area contributed by atoms with Crippen LogP contribution in [0.15, 0.2) is 108 Å². The van der Waals surface area contributed by atoms with Crippen molar-refractivity contribution >= 4 is 35.0 Å². The van der Waals surface area contributed by atoms with Gasteiger partial charge in [0.1, 0.15) is 22.7 Å². The number of H-pyrrole nitrogens is 1. The average Bonchev–Trinajstić information content (AvgIpc) is 4.20. The van der Waals surface area contributed by atoms with Gasteiger partial charge in [-0.1, -0.05) is 84.9 Å². The SMILES string of the molecule is CC(C)(C)OC(=O)N1CCC[C@H]1C1=NC(c2ccc([C@H]3CC[C@H](c4ccc(-c5cnc([C@@H]6CCCN6C(=O)OC(C)(C)C)[nH]5)cc4)N3c3cc(F)c(N4CCC(c5ccccc5)CC4)c(F)c3)cc2)=CC1. The summed E-state index contributed by atoms with van der Waals surface area (Å²) < 4.78 is 44.7. The largest absolute Gasteiger partial charge is 0.444 e. The van der Waals surface area contributed by atoms with E-state index in [9.17, 15) is 9.59 Å². The highest BCUT2D eigenvalue weighted by Gasteiger charge is 2.39. The quantitative estimate of drug-likeness (QED) is 0.157. The Balaban J connectivity index is 0.904. The molecule has 4 saturated heterocycles. The standard InChI is InChI=1S/C58H67F2N7O4/c1-57(2,3)70-55(68)65-30-10-14-51(65)47-25-24-46(62-47)39-16-20-41(21-17-39)49-26-27-50(67(49)43-34-44(59)53(45(60)35-43)64-32-28-38(29-33-64)37-12-8-7-9-13-37)42-22-18-40(19-23-42)48-36-61-54(63-48)52-15-11-31-66(52)56(69)71-58(4,5)6/h7-9,12-13,16-24,34-36,38,49-52H,10-11,14-15,25-33H2,1-6H3,(H,61,63)/t49-,50-,51+,52+/m1/s1. The molecule has 11 nitrogen and oxygen atoms in total. The van der Waals surface area contributed by atoms with E-state index in [0.717, 1.165) is 96.5 Å². The first kappa shape index (κ1) is 48.1. The summed E-state index contributed by atoms with van der Waals surface area (Å²) in [5.74, 6) is -0.0127. The molecule has 71 heavy (non-hydrogen) atoms. The van der Waals surface area contributed by atoms with Crippen LogP contribution in [-0.4, -0.2) is 81.1 Å². The van der Waals surface area contributed by atoms with Crippen LogP contribution in [0.5, 0.6) is 0 Å². The molecule has 6 heterocycles. The number of carbonyl (C=O) groups excluding carboxylic acids is 2. The van der Waals surface area contributed by atoms with Crippen molar-refractivity contribution in [1.29, 1.82) is 0 Å². The van der Waals surface area contributed by atoms with E-state index in [0.29, 0.717) is 44.2 Å². The number of amides is 2. The van der Waals surface area contributed by atoms with Crippen molar-refractivity contribution in [3.8, 4) is 11.3 Å². The topological polar surface area (TPSA) is 107 Å². The Kier molecular flexibility index (Phi) is 13.3. The molecule has 10 rings (SSSR count). The van der Waals surface area contributed by atoms with Crippen LogP contribution in [0.2, 0.25) is 0 Å². The van der Waals surface area contributed by atoms with E-state index in [1.54, 1.807) is 4.90 Å². The summed E-state index contributed by atoms with van der Waals surface area (Å²) in [4.78, 5) is 47.1. The highest BCUT2D eigenvalue weighted by molar-refractivity contribution is 6.00. The van der Waals surface area contributed by atoms with Crippen LogP contribution in [-0.2, 0) is 9.47 Å². The maximum Gasteiger partial charge on any atom is 0.410 e. The second-order valence-electron chi connectivity index (χ2n) is 21.9. The lowest BCUT2D eigenvalue weighted by molar-refractivity contribution is 0.0216. The summed E-state index contributed by atoms with van der Waals surface area (Å²) in [5.41, 5.74) is 7.37. The Hall–Kier alpha value is -6.50. The van der Waals surface area contributed by atoms with E-state index in [1.165, 1.54) is 17.7 Å². The minimum absolute atomic E-state index is 0.0450. The van der Waals surface area contributed by atoms with Gasteiger partial charge in [-0.2, -0.15) is 0 Å². The minimum atomic E-state index is -0.592. The molecule has 0 saturated carbocycles. The molecular formula is C58H67F2N7O4. The highest BCUT2D eigenvalue weighted by atomic mass is 19.1. The number of ether oxygens (including phenoxy) is 2. The number of halogens is 2. The molecule has 372 valence electrons. The molecule has 0 aliphatic carbocycles. The summed E-state index contributed by atoms with van der Waals surface area (Å²) in [6, 6.07) is 29.6. The van der Waals surface area contributed by atoms with Gasteiger partial charge in [-0.05, 0) is 139 Å². The number of rotatable bonds is 9. The van der Waals surface area contributed by atoms with Crippen molar-refractivity contribution in [3.05, 3.63) is 143 Å². The molecule has 0 radical (unpaired) electrons. The predicted octanol–water partition coefficient (Wildman–Crippen LogP) is 13.5. The Morgan fingerprint density at radius 2 is 1.18 bits per heavy atom. The molecule has 4 fully saturated rings. The molecule has 5 aliphatic heterocycles. The fraction of sp³-hybridized carbons (Fsp3) is 0.448. The van der Waals surface area contributed by atoms with Gasteiger partial charge in [-0.15, -0.1) is 0 Å². The number of hydrogen-bond donors (Lipinski definition) is 1. The molecule has 0 bridgehead atoms. The van der Waals surface area contributed by atoms with Gasteiger partial charge in [-0.3, -0.25) is 14.8 Å². The third-order valence-electron chi connectivity index (χ3n) is 14.8. The van der Waals surface area contributed by atoms with Crippen molar-refractivity contribution in [3.63, 3.8) is 0 Å². The molecule has 5 aliphatic rings. The molecule has 2 amide bonds. The second-order valence-corrected chi connectivity index (χ2v) is 21.9. The van der Waals surface area contributed by atoms with Crippen LogP contribution in [0.1, 0.15) is 151 Å². The van der Waals surface area contributed by atoms with Gasteiger partial charge < -0.3 is 24.3 Å². The fourth-order valence-corrected chi connectivity index (χ4v) is 11.5. The van der Waals surface area contributed by atoms with Gasteiger partial charge >= 0.3 is 12.2 Å². The zero-order valence-corrected chi connectivity index (χ0v) is 42.0. The van der Waals surface area contributed by atoms with Gasteiger partial charge in [0.05, 0.1) is 41.8 Å². The van der Waals surface area contributed by atoms with E-state index in [-0.39, 0.29) is 42.0 Å². The van der Waals surface area contributed by atoms with Crippen LogP contribution in [0.25, 0.3) is 17.0 Å². The smallest absolute Gasteiger partial charge is 0.410 e. The summed E-state index contributed by atoms with van der Waals surface area (Å²) in [6.07, 6.45) is 10.6. The molecular weight excluding hydrogens is 897 g/mol. The van der Waals surface area contributed by atoms with Crippen LogP contribution >= 0.6 is 0 Å². The predicted molar refractivity (Wildman–Crippen MR) is 276 cm³/mol. The molecule has 1 aromatic heterocycles. The van der Waals surface area contributed by atoms with Crippen molar-refractivity contribution in [2.75, 3.05) is 36.0 Å². The lowest BCUT2D eigenvalue weighted by Gasteiger charge is -2.36. The average molecular weight is 964 g/mol. The number of aromatic nitrogens is 2. The Bertz CT molecular complexity index is 2760. The maximum atomic E-state index is 16.6. The van der Waals surface area contributed by atoms with Crippen molar-refractivity contribution in [2.45, 2.75) is 141 Å². The van der Waals surface area contributed by atoms with Crippen molar-refractivity contribution < 1.29 is 27.8 Å². The number of imidazole rings is 1. The van der Waals surface area contributed by atoms with Crippen LogP contribution in [0.3, 0.4) is 0 Å². The lowest BCUT2D eigenvalue weighted by Crippen LogP contribution is -2.43. The first-order valence-electron chi connectivity index (χ1n) is 25.7. The first-order chi connectivity index (χ1) is 34.1. The third-order valence-corrected chi connectivity index (χ3v) is 14.8. The van der Waals surface area contributed by atoms with Gasteiger partial charge in [0, 0.05) is 44.0 Å². The zero-order valence-electron chi connectivity index (χ0n) is 42.0. The molecule has 1 N–H and O–H groups in total. The number of aromatic amines is 1. The second kappa shape index (κ2) is 19.6. The first-order valence-corrected chi connectivity index (χ1v) is 25.7. The van der Waals surface area contributed by atoms with Gasteiger partial charge in [-0.25, -0.2) is 23.4 Å². The molecule has 0 spiro atoms. The number of hydrogen-bond acceptors (Lipinski definition) is 8. The molecule has 13 heteroatoms. The van der Waals surface area contributed by atoms with Gasteiger partial charge in [0.15, 0.2) is 11.6 Å². The fourth-order valence-electron chi connectivity index (χ4n) is 11.5. The Morgan fingerprint density at radius 3 is 1.76 bits per heavy atom. The monoisotopic (exact) mass is 964 g/mol. The van der Waals surface area contributed by atoms with Gasteiger partial charge in [0.25, 0.3) is 0 Å². The zero-order chi connectivity index (χ0) is 49.6. The van der Waals surface area contributed by atoms with Crippen molar-refractivity contribution in [2.24, 2.45) is 4.99 Å². The minimum Gasteiger partial charge on any atom is -0.444 e. The van der Waals surface area contributed by atoms with Crippen LogP contribution < -0.4 is 9.80 Å². The van der Waals surface area contributed by atoms with E-state index >= 15 is 8.78 Å². The van der Waals surface area contributed by atoms with Crippen LogP contribution in [0.4, 0.5) is 29.7 Å². The number of anilines is 2. The van der Waals surface area contributed by atoms with E-state index < -0.39 is 22.8 Å². The molecule has 4 atom stereocenters. The molecule has 4 aromatic carbocycles. The number of allylic oxidation sites excluding steroid dienone is 1. The number of piperidine rings is 1. The number of benzene rings is 4. The highest BCUT2D eigenvalue weighted by Crippen LogP contribution is 2.49. The lowest BCUT2D eigenvalue weighted by atomic mass is 9.89. The van der Waals surface area contributed by atoms with E-state index in [1.807, 2.05) is 75.7 Å². The van der Waals surface area contributed by atoms with Crippen molar-refractivity contribution in [1.82, 2.24) is 19.8 Å². The summed E-state index contributed by atoms with van der Waals surface area (Å²) in [7, 11) is 0. The molecule has 0 unspecified atom stereocenters. The van der Waals surface area contributed by atoms with Crippen LogP contribution in [0, 0.1) is 11.6 Å². The third kappa shape index (κ3) is 10.3. The number of nitrogens with zero attached hydrogens (tertiary/aromatic N) is 6. The number of likely N-dealkylation sites (tertiary alicyclic amines) is 2. The Morgan fingerprint density at radius 1 is 0.634 bits per heavy atom. The van der Waals surface area contributed by atoms with E-state index in [4.69, 9.17) is 19.5 Å². The van der Waals surface area contributed by atoms with Gasteiger partial charge in [0.2, 0.25) is 0 Å².